The number of nitrogens with zero attached hydrogens (tertiary/aromatic N) is 2. The van der Waals surface area contributed by atoms with Crippen molar-refractivity contribution in [1.29, 1.82) is 0 Å². The van der Waals surface area contributed by atoms with Crippen LogP contribution in [0.25, 0.3) is 0 Å². The highest BCUT2D eigenvalue weighted by Crippen LogP contribution is 2.41. The first-order valence-corrected chi connectivity index (χ1v) is 8.37. The van der Waals surface area contributed by atoms with Gasteiger partial charge in [0.2, 0.25) is 0 Å². The molecule has 0 aromatic rings. The Balaban J connectivity index is 1.63. The van der Waals surface area contributed by atoms with Gasteiger partial charge >= 0.3 is 12.0 Å². The van der Waals surface area contributed by atoms with E-state index in [4.69, 9.17) is 5.11 Å². The molecule has 2 atom stereocenters. The fourth-order valence-electron chi connectivity index (χ4n) is 4.13. The second-order valence-electron chi connectivity index (χ2n) is 6.99. The number of carboxylic acids is 1. The van der Waals surface area contributed by atoms with Crippen LogP contribution in [0.4, 0.5) is 4.79 Å². The molecule has 0 aromatic heterocycles. The predicted molar refractivity (Wildman–Crippen MR) is 79.0 cm³/mol. The van der Waals surface area contributed by atoms with Crippen molar-refractivity contribution in [2.24, 2.45) is 11.8 Å². The third kappa shape index (κ3) is 3.16. The molecule has 3 aliphatic rings. The number of fused-ring (bicyclic) bond motifs is 2. The lowest BCUT2D eigenvalue weighted by Gasteiger charge is -2.41. The smallest absolute Gasteiger partial charge is 0.320 e. The Morgan fingerprint density at radius 1 is 1.10 bits per heavy atom. The first-order valence-electron chi connectivity index (χ1n) is 8.37. The summed E-state index contributed by atoms with van der Waals surface area (Å²) in [7, 11) is 0. The van der Waals surface area contributed by atoms with Crippen molar-refractivity contribution in [3.8, 4) is 0 Å². The summed E-state index contributed by atoms with van der Waals surface area (Å²) in [6.45, 7) is 3.74. The molecule has 118 valence electrons. The maximum absolute atomic E-state index is 12.8. The van der Waals surface area contributed by atoms with Gasteiger partial charge in [-0.05, 0) is 57.3 Å². The predicted octanol–water partition coefficient (Wildman–Crippen LogP) is 2.56. The van der Waals surface area contributed by atoms with Crippen LogP contribution in [0.3, 0.4) is 0 Å². The molecule has 1 N–H and O–H groups in total. The zero-order chi connectivity index (χ0) is 15.0. The zero-order valence-corrected chi connectivity index (χ0v) is 12.8. The quantitative estimate of drug-likeness (QED) is 0.847. The molecule has 0 aromatic carbocycles. The van der Waals surface area contributed by atoms with Gasteiger partial charge in [0.15, 0.2) is 0 Å². The molecule has 2 saturated heterocycles. The lowest BCUT2D eigenvalue weighted by atomic mass is 9.88. The second kappa shape index (κ2) is 5.85. The molecule has 2 bridgehead atoms. The van der Waals surface area contributed by atoms with E-state index >= 15 is 0 Å². The molecule has 2 unspecified atom stereocenters. The normalized spacial score (nSPS) is 31.3. The fourth-order valence-corrected chi connectivity index (χ4v) is 4.13. The molecule has 1 aliphatic carbocycles. The highest BCUT2D eigenvalue weighted by Gasteiger charge is 2.45. The lowest BCUT2D eigenvalue weighted by molar-refractivity contribution is -0.138. The molecule has 5 nitrogen and oxygen atoms in total. The van der Waals surface area contributed by atoms with Gasteiger partial charge in [0.25, 0.3) is 0 Å². The van der Waals surface area contributed by atoms with Crippen LogP contribution in [0, 0.1) is 11.8 Å². The Labute approximate surface area is 126 Å². The van der Waals surface area contributed by atoms with Crippen molar-refractivity contribution >= 4 is 12.0 Å². The number of rotatable bonds is 5. The number of hydrogen-bond acceptors (Lipinski definition) is 2. The van der Waals surface area contributed by atoms with E-state index in [0.29, 0.717) is 0 Å². The van der Waals surface area contributed by atoms with Gasteiger partial charge in [0.1, 0.15) is 0 Å². The number of amides is 2. The fraction of sp³-hybridized carbons (Fsp3) is 0.875. The van der Waals surface area contributed by atoms with E-state index in [1.54, 1.807) is 0 Å². The van der Waals surface area contributed by atoms with Gasteiger partial charge < -0.3 is 14.9 Å². The molecule has 3 rings (SSSR count). The topological polar surface area (TPSA) is 60.9 Å². The molecule has 2 heterocycles. The summed E-state index contributed by atoms with van der Waals surface area (Å²) in [4.78, 5) is 27.8. The minimum Gasteiger partial charge on any atom is -0.481 e. The van der Waals surface area contributed by atoms with Crippen molar-refractivity contribution in [1.82, 2.24) is 9.80 Å². The van der Waals surface area contributed by atoms with Crippen LogP contribution in [0.15, 0.2) is 0 Å². The molecule has 3 fully saturated rings. The van der Waals surface area contributed by atoms with Gasteiger partial charge in [-0.2, -0.15) is 0 Å². The Hall–Kier alpha value is -1.26. The van der Waals surface area contributed by atoms with Gasteiger partial charge in [-0.1, -0.05) is 0 Å². The molecule has 1 saturated carbocycles. The first-order chi connectivity index (χ1) is 10.1. The Morgan fingerprint density at radius 3 is 2.19 bits per heavy atom. The van der Waals surface area contributed by atoms with Crippen molar-refractivity contribution in [2.45, 2.75) is 64.0 Å². The van der Waals surface area contributed by atoms with E-state index in [1.807, 2.05) is 4.90 Å². The highest BCUT2D eigenvalue weighted by atomic mass is 16.4. The summed E-state index contributed by atoms with van der Waals surface area (Å²) < 4.78 is 0. The number of carbonyl (C=O) groups excluding carboxylic acids is 1. The number of aliphatic carboxylic acids is 1. The first kappa shape index (κ1) is 14.7. The standard InChI is InChI=1S/C16H26N2O3/c1-2-17(10-11-3-4-11)16(21)18-13-5-6-14(18)8-12(7-13)9-15(19)20/h11-14H,2-10H2,1H3,(H,19,20). The molecule has 2 aliphatic heterocycles. The van der Waals surface area contributed by atoms with Gasteiger partial charge in [-0.15, -0.1) is 0 Å². The Morgan fingerprint density at radius 2 is 1.71 bits per heavy atom. The largest absolute Gasteiger partial charge is 0.481 e. The van der Waals surface area contributed by atoms with Crippen molar-refractivity contribution in [3.05, 3.63) is 0 Å². The van der Waals surface area contributed by atoms with Gasteiger partial charge in [0.05, 0.1) is 0 Å². The van der Waals surface area contributed by atoms with E-state index in [-0.39, 0.29) is 30.5 Å². The minimum atomic E-state index is -0.705. The van der Waals surface area contributed by atoms with Crippen LogP contribution in [-0.4, -0.2) is 52.1 Å². The molecule has 21 heavy (non-hydrogen) atoms. The number of carboxylic acid groups (broad SMARTS) is 1. The van der Waals surface area contributed by atoms with Gasteiger partial charge in [-0.3, -0.25) is 4.79 Å². The molecule has 0 radical (unpaired) electrons. The van der Waals surface area contributed by atoms with E-state index in [0.717, 1.165) is 44.7 Å². The third-order valence-corrected chi connectivity index (χ3v) is 5.34. The van der Waals surface area contributed by atoms with Crippen LogP contribution in [0.2, 0.25) is 0 Å². The summed E-state index contributed by atoms with van der Waals surface area (Å²) in [6, 6.07) is 0.744. The highest BCUT2D eigenvalue weighted by molar-refractivity contribution is 5.76. The van der Waals surface area contributed by atoms with E-state index in [9.17, 15) is 9.59 Å². The number of carbonyl (C=O) groups is 2. The Kier molecular flexibility index (Phi) is 4.09. The third-order valence-electron chi connectivity index (χ3n) is 5.34. The van der Waals surface area contributed by atoms with Crippen LogP contribution < -0.4 is 0 Å². The molecule has 0 spiro atoms. The number of piperidine rings is 1. The van der Waals surface area contributed by atoms with Crippen LogP contribution >= 0.6 is 0 Å². The molecule has 2 amide bonds. The van der Waals surface area contributed by atoms with Crippen molar-refractivity contribution < 1.29 is 14.7 Å². The van der Waals surface area contributed by atoms with Crippen molar-refractivity contribution in [3.63, 3.8) is 0 Å². The molecule has 5 heteroatoms. The van der Waals surface area contributed by atoms with E-state index in [1.165, 1.54) is 12.8 Å². The minimum absolute atomic E-state index is 0.200. The summed E-state index contributed by atoms with van der Waals surface area (Å²) in [5.74, 6) is 0.266. The SMILES string of the molecule is CCN(CC1CC1)C(=O)N1C2CCC1CC(CC(=O)O)C2. The van der Waals surface area contributed by atoms with Crippen LogP contribution in [0.5, 0.6) is 0 Å². The average Bonchev–Trinajstić information content (AvgIpc) is 3.20. The van der Waals surface area contributed by atoms with Crippen molar-refractivity contribution in [2.75, 3.05) is 13.1 Å². The van der Waals surface area contributed by atoms with E-state index < -0.39 is 5.97 Å². The summed E-state index contributed by atoms with van der Waals surface area (Å²) in [6.07, 6.45) is 6.62. The molecular weight excluding hydrogens is 268 g/mol. The summed E-state index contributed by atoms with van der Waals surface area (Å²) in [5.41, 5.74) is 0. The summed E-state index contributed by atoms with van der Waals surface area (Å²) >= 11 is 0. The number of urea groups is 1. The Bertz CT molecular complexity index is 408. The monoisotopic (exact) mass is 294 g/mol. The summed E-state index contributed by atoms with van der Waals surface area (Å²) in [5, 5.41) is 8.98. The number of hydrogen-bond donors (Lipinski definition) is 1. The molecular formula is C16H26N2O3. The second-order valence-corrected chi connectivity index (χ2v) is 6.99. The zero-order valence-electron chi connectivity index (χ0n) is 12.8. The maximum Gasteiger partial charge on any atom is 0.320 e. The van der Waals surface area contributed by atoms with Crippen LogP contribution in [-0.2, 0) is 4.79 Å². The van der Waals surface area contributed by atoms with Gasteiger partial charge in [0, 0.05) is 31.6 Å². The van der Waals surface area contributed by atoms with E-state index in [2.05, 4.69) is 11.8 Å². The van der Waals surface area contributed by atoms with Crippen LogP contribution in [0.1, 0.15) is 51.9 Å². The lowest BCUT2D eigenvalue weighted by Crippen LogP contribution is -2.52. The van der Waals surface area contributed by atoms with Gasteiger partial charge in [-0.25, -0.2) is 4.79 Å². The average molecular weight is 294 g/mol. The maximum atomic E-state index is 12.8.